The minimum atomic E-state index is -0.613. The molecule has 0 aliphatic heterocycles. The van der Waals surface area contributed by atoms with E-state index in [2.05, 4.69) is 15.5 Å². The zero-order valence-corrected chi connectivity index (χ0v) is 11.8. The van der Waals surface area contributed by atoms with Crippen molar-refractivity contribution in [3.63, 3.8) is 0 Å². The van der Waals surface area contributed by atoms with Gasteiger partial charge in [0.1, 0.15) is 5.82 Å². The van der Waals surface area contributed by atoms with Crippen molar-refractivity contribution in [3.8, 4) is 11.5 Å². The molecule has 0 bridgehead atoms. The number of anilines is 1. The highest BCUT2D eigenvalue weighted by atomic mass is 35.5. The van der Waals surface area contributed by atoms with Gasteiger partial charge in [-0.15, -0.1) is 10.2 Å². The Bertz CT molecular complexity index is 818. The molecule has 0 radical (unpaired) electrons. The molecule has 1 amide bonds. The number of nitrogens with one attached hydrogen (secondary N) is 1. The van der Waals surface area contributed by atoms with E-state index in [-0.39, 0.29) is 11.8 Å². The lowest BCUT2D eigenvalue weighted by Gasteiger charge is -2.01. The lowest BCUT2D eigenvalue weighted by molar-refractivity contribution is 0.0991. The van der Waals surface area contributed by atoms with Crippen LogP contribution in [0.15, 0.2) is 52.9 Å². The number of amides is 1. The second-order valence-corrected chi connectivity index (χ2v) is 4.82. The molecule has 7 heteroatoms. The molecule has 0 aliphatic carbocycles. The summed E-state index contributed by atoms with van der Waals surface area (Å²) in [7, 11) is 0. The Kier molecular flexibility index (Phi) is 3.84. The Hall–Kier alpha value is -2.73. The summed E-state index contributed by atoms with van der Waals surface area (Å²) in [6.07, 6.45) is 0. The molecular formula is C15H9ClFN3O2. The first kappa shape index (κ1) is 14.2. The van der Waals surface area contributed by atoms with Crippen molar-refractivity contribution in [2.75, 3.05) is 5.32 Å². The van der Waals surface area contributed by atoms with Gasteiger partial charge in [-0.05, 0) is 42.5 Å². The molecule has 0 aliphatic rings. The molecule has 2 aromatic carbocycles. The first-order valence-corrected chi connectivity index (χ1v) is 6.66. The first-order valence-electron chi connectivity index (χ1n) is 6.28. The molecule has 3 aromatic rings. The Labute approximate surface area is 129 Å². The van der Waals surface area contributed by atoms with Crippen LogP contribution in [0.5, 0.6) is 0 Å². The van der Waals surface area contributed by atoms with Gasteiger partial charge >= 0.3 is 11.8 Å². The average molecular weight is 318 g/mol. The molecule has 0 saturated heterocycles. The smallest absolute Gasteiger partial charge is 0.313 e. The van der Waals surface area contributed by atoms with Gasteiger partial charge in [0.05, 0.1) is 0 Å². The van der Waals surface area contributed by atoms with Gasteiger partial charge in [-0.3, -0.25) is 4.79 Å². The Morgan fingerprint density at radius 3 is 2.64 bits per heavy atom. The second kappa shape index (κ2) is 5.95. The molecule has 0 unspecified atom stereocenters. The van der Waals surface area contributed by atoms with Crippen LogP contribution in [0.2, 0.25) is 5.02 Å². The van der Waals surface area contributed by atoms with E-state index in [1.54, 1.807) is 30.3 Å². The third-order valence-corrected chi connectivity index (χ3v) is 3.04. The number of hydrogen-bond donors (Lipinski definition) is 1. The SMILES string of the molecule is O=C(Nc1cccc(F)c1)c1nnc(-c2ccc(Cl)cc2)o1. The van der Waals surface area contributed by atoms with Crippen LogP contribution in [0.1, 0.15) is 10.7 Å². The number of halogens is 2. The molecule has 1 heterocycles. The molecule has 110 valence electrons. The van der Waals surface area contributed by atoms with Gasteiger partial charge < -0.3 is 9.73 Å². The largest absolute Gasteiger partial charge is 0.412 e. The fourth-order valence-electron chi connectivity index (χ4n) is 1.77. The highest BCUT2D eigenvalue weighted by molar-refractivity contribution is 6.30. The predicted octanol–water partition coefficient (Wildman–Crippen LogP) is 3.78. The maximum absolute atomic E-state index is 13.1. The molecule has 3 rings (SSSR count). The standard InChI is InChI=1S/C15H9ClFN3O2/c16-10-6-4-9(5-7-10)14-19-20-15(22-14)13(21)18-12-3-1-2-11(17)8-12/h1-8H,(H,18,21). The van der Waals surface area contributed by atoms with Crippen LogP contribution in [0.25, 0.3) is 11.5 Å². The van der Waals surface area contributed by atoms with Gasteiger partial charge in [-0.2, -0.15) is 0 Å². The number of nitrogens with zero attached hydrogens (tertiary/aromatic N) is 2. The Morgan fingerprint density at radius 1 is 1.14 bits per heavy atom. The quantitative estimate of drug-likeness (QED) is 0.798. The summed E-state index contributed by atoms with van der Waals surface area (Å²) in [4.78, 5) is 12.0. The molecule has 0 spiro atoms. The number of rotatable bonds is 3. The van der Waals surface area contributed by atoms with Crippen molar-refractivity contribution >= 4 is 23.2 Å². The van der Waals surface area contributed by atoms with E-state index < -0.39 is 11.7 Å². The van der Waals surface area contributed by atoms with E-state index in [0.29, 0.717) is 16.3 Å². The fraction of sp³-hybridized carbons (Fsp3) is 0. The Morgan fingerprint density at radius 2 is 1.91 bits per heavy atom. The normalized spacial score (nSPS) is 10.5. The van der Waals surface area contributed by atoms with Crippen molar-refractivity contribution in [1.29, 1.82) is 0 Å². The molecular weight excluding hydrogens is 309 g/mol. The van der Waals surface area contributed by atoms with Gasteiger partial charge in [0, 0.05) is 16.3 Å². The van der Waals surface area contributed by atoms with Crippen molar-refractivity contribution < 1.29 is 13.6 Å². The number of aromatic nitrogens is 2. The average Bonchev–Trinajstić information content (AvgIpc) is 2.98. The number of carbonyl (C=O) groups excluding carboxylic acids is 1. The molecule has 0 saturated carbocycles. The van der Waals surface area contributed by atoms with Gasteiger partial charge in [-0.25, -0.2) is 4.39 Å². The van der Waals surface area contributed by atoms with Crippen molar-refractivity contribution in [2.24, 2.45) is 0 Å². The van der Waals surface area contributed by atoms with Crippen LogP contribution >= 0.6 is 11.6 Å². The first-order chi connectivity index (χ1) is 10.6. The summed E-state index contributed by atoms with van der Waals surface area (Å²) in [5.41, 5.74) is 0.943. The fourth-order valence-corrected chi connectivity index (χ4v) is 1.90. The minimum absolute atomic E-state index is 0.195. The van der Waals surface area contributed by atoms with Crippen molar-refractivity contribution in [2.45, 2.75) is 0 Å². The van der Waals surface area contributed by atoms with Crippen LogP contribution in [0, 0.1) is 5.82 Å². The molecule has 0 atom stereocenters. The van der Waals surface area contributed by atoms with Gasteiger partial charge in [-0.1, -0.05) is 17.7 Å². The second-order valence-electron chi connectivity index (χ2n) is 4.38. The maximum Gasteiger partial charge on any atom is 0.313 e. The molecule has 1 N–H and O–H groups in total. The zero-order chi connectivity index (χ0) is 15.5. The van der Waals surface area contributed by atoms with Crippen molar-refractivity contribution in [3.05, 3.63) is 65.3 Å². The lowest BCUT2D eigenvalue weighted by atomic mass is 10.2. The van der Waals surface area contributed by atoms with E-state index in [0.717, 1.165) is 0 Å². The number of benzene rings is 2. The third-order valence-electron chi connectivity index (χ3n) is 2.79. The molecule has 22 heavy (non-hydrogen) atoms. The highest BCUT2D eigenvalue weighted by Crippen LogP contribution is 2.20. The van der Waals surface area contributed by atoms with Crippen LogP contribution in [0.3, 0.4) is 0 Å². The molecule has 5 nitrogen and oxygen atoms in total. The topological polar surface area (TPSA) is 68.0 Å². The van der Waals surface area contributed by atoms with Gasteiger partial charge in [0.25, 0.3) is 0 Å². The zero-order valence-electron chi connectivity index (χ0n) is 11.1. The van der Waals surface area contributed by atoms with Crippen LogP contribution < -0.4 is 5.32 Å². The molecule has 0 fully saturated rings. The summed E-state index contributed by atoms with van der Waals surface area (Å²) in [5, 5.41) is 10.5. The van der Waals surface area contributed by atoms with Crippen molar-refractivity contribution in [1.82, 2.24) is 10.2 Å². The monoisotopic (exact) mass is 317 g/mol. The summed E-state index contributed by atoms with van der Waals surface area (Å²) >= 11 is 5.80. The van der Waals surface area contributed by atoms with E-state index in [4.69, 9.17) is 16.0 Å². The van der Waals surface area contributed by atoms with Gasteiger partial charge in [0.2, 0.25) is 5.89 Å². The van der Waals surface area contributed by atoms with E-state index in [1.807, 2.05) is 0 Å². The van der Waals surface area contributed by atoms with E-state index in [1.165, 1.54) is 18.2 Å². The van der Waals surface area contributed by atoms with Crippen LogP contribution in [-0.2, 0) is 0 Å². The molecule has 1 aromatic heterocycles. The van der Waals surface area contributed by atoms with Gasteiger partial charge in [0.15, 0.2) is 0 Å². The third kappa shape index (κ3) is 3.12. The van der Waals surface area contributed by atoms with Crippen LogP contribution in [0.4, 0.5) is 10.1 Å². The highest BCUT2D eigenvalue weighted by Gasteiger charge is 2.16. The van der Waals surface area contributed by atoms with Crippen LogP contribution in [-0.4, -0.2) is 16.1 Å². The Balaban J connectivity index is 1.78. The maximum atomic E-state index is 13.1. The minimum Gasteiger partial charge on any atom is -0.412 e. The summed E-state index contributed by atoms with van der Waals surface area (Å²) in [5.74, 6) is -1.08. The summed E-state index contributed by atoms with van der Waals surface area (Å²) in [6, 6.07) is 12.3. The number of carbonyl (C=O) groups is 1. The lowest BCUT2D eigenvalue weighted by Crippen LogP contribution is -2.12. The summed E-state index contributed by atoms with van der Waals surface area (Å²) < 4.78 is 18.4. The summed E-state index contributed by atoms with van der Waals surface area (Å²) in [6.45, 7) is 0. The van der Waals surface area contributed by atoms with E-state index >= 15 is 0 Å². The van der Waals surface area contributed by atoms with E-state index in [9.17, 15) is 9.18 Å². The number of hydrogen-bond acceptors (Lipinski definition) is 4. The predicted molar refractivity (Wildman–Crippen MR) is 79.1 cm³/mol.